The van der Waals surface area contributed by atoms with E-state index in [0.717, 1.165) is 11.1 Å². The third-order valence-electron chi connectivity index (χ3n) is 4.64. The van der Waals surface area contributed by atoms with Crippen LogP contribution in [0.25, 0.3) is 11.1 Å². The summed E-state index contributed by atoms with van der Waals surface area (Å²) in [4.78, 5) is 0. The molecule has 146 valence electrons. The van der Waals surface area contributed by atoms with Crippen LogP contribution in [0.4, 0.5) is 0 Å². The molecule has 4 rings (SSSR count). The van der Waals surface area contributed by atoms with Crippen LogP contribution >= 0.6 is 0 Å². The van der Waals surface area contributed by atoms with Gasteiger partial charge in [0.1, 0.15) is 36.4 Å². The van der Waals surface area contributed by atoms with Crippen LogP contribution in [0.15, 0.2) is 60.8 Å². The average molecular weight is 383 g/mol. The number of aliphatic hydroxyl groups excluding tert-OH is 3. The number of benzene rings is 2. The molecule has 0 bridgehead atoms. The van der Waals surface area contributed by atoms with E-state index in [-0.39, 0.29) is 13.2 Å². The SMILES string of the molecule is OC1COC(n2cc(COc3ccc(-c4ccccc4)cc3)nn2)C(O)C1O. The Balaban J connectivity index is 1.37. The molecule has 8 nitrogen and oxygen atoms in total. The van der Waals surface area contributed by atoms with Gasteiger partial charge in [-0.3, -0.25) is 0 Å². The molecule has 0 amide bonds. The molecule has 3 N–H and O–H groups in total. The zero-order valence-corrected chi connectivity index (χ0v) is 15.0. The summed E-state index contributed by atoms with van der Waals surface area (Å²) in [5.74, 6) is 0.696. The van der Waals surface area contributed by atoms with Gasteiger partial charge in [0.25, 0.3) is 0 Å². The number of nitrogens with zero attached hydrogens (tertiary/aromatic N) is 3. The molecule has 0 saturated carbocycles. The van der Waals surface area contributed by atoms with Crippen molar-refractivity contribution < 1.29 is 24.8 Å². The van der Waals surface area contributed by atoms with Crippen molar-refractivity contribution in [3.63, 3.8) is 0 Å². The van der Waals surface area contributed by atoms with Crippen molar-refractivity contribution >= 4 is 0 Å². The van der Waals surface area contributed by atoms with Crippen LogP contribution in [-0.2, 0) is 11.3 Å². The fourth-order valence-electron chi connectivity index (χ4n) is 3.06. The second-order valence-electron chi connectivity index (χ2n) is 6.64. The number of ether oxygens (including phenoxy) is 2. The molecule has 1 fully saturated rings. The summed E-state index contributed by atoms with van der Waals surface area (Å²) < 4.78 is 12.4. The first-order valence-electron chi connectivity index (χ1n) is 8.96. The van der Waals surface area contributed by atoms with Crippen LogP contribution in [-0.4, -0.2) is 55.2 Å². The van der Waals surface area contributed by atoms with Gasteiger partial charge in [-0.2, -0.15) is 0 Å². The van der Waals surface area contributed by atoms with Gasteiger partial charge in [0.15, 0.2) is 6.23 Å². The van der Waals surface area contributed by atoms with Crippen molar-refractivity contribution in [1.29, 1.82) is 0 Å². The normalized spacial score (nSPS) is 24.8. The minimum Gasteiger partial charge on any atom is -0.487 e. The molecule has 0 radical (unpaired) electrons. The lowest BCUT2D eigenvalue weighted by atomic mass is 10.0. The molecule has 28 heavy (non-hydrogen) atoms. The van der Waals surface area contributed by atoms with Gasteiger partial charge in [-0.25, -0.2) is 4.68 Å². The molecular formula is C20H21N3O5. The molecule has 4 atom stereocenters. The molecule has 8 heteroatoms. The number of hydrogen-bond donors (Lipinski definition) is 3. The van der Waals surface area contributed by atoms with E-state index in [2.05, 4.69) is 10.3 Å². The van der Waals surface area contributed by atoms with Gasteiger partial charge in [0.05, 0.1) is 12.8 Å². The number of aliphatic hydroxyl groups is 3. The maximum Gasteiger partial charge on any atom is 0.180 e. The molecule has 1 aliphatic heterocycles. The highest BCUT2D eigenvalue weighted by molar-refractivity contribution is 5.63. The van der Waals surface area contributed by atoms with E-state index in [1.54, 1.807) is 6.20 Å². The standard InChI is InChI=1S/C20H21N3O5/c24-17-12-28-20(19(26)18(17)25)23-10-15(21-22-23)11-27-16-8-6-14(7-9-16)13-4-2-1-3-5-13/h1-10,17-20,24-26H,11-12H2. The zero-order chi connectivity index (χ0) is 19.5. The van der Waals surface area contributed by atoms with Crippen LogP contribution in [0.1, 0.15) is 11.9 Å². The summed E-state index contributed by atoms with van der Waals surface area (Å²) in [7, 11) is 0. The van der Waals surface area contributed by atoms with Gasteiger partial charge in [0, 0.05) is 0 Å². The second-order valence-corrected chi connectivity index (χ2v) is 6.64. The molecule has 2 heterocycles. The van der Waals surface area contributed by atoms with Gasteiger partial charge in [0.2, 0.25) is 0 Å². The maximum absolute atomic E-state index is 10.0. The Morgan fingerprint density at radius 3 is 2.43 bits per heavy atom. The van der Waals surface area contributed by atoms with Crippen LogP contribution in [0, 0.1) is 0 Å². The Morgan fingerprint density at radius 2 is 1.68 bits per heavy atom. The van der Waals surface area contributed by atoms with Crippen molar-refractivity contribution in [2.75, 3.05) is 6.61 Å². The van der Waals surface area contributed by atoms with E-state index >= 15 is 0 Å². The second kappa shape index (κ2) is 8.07. The Morgan fingerprint density at radius 1 is 0.964 bits per heavy atom. The molecule has 1 aromatic heterocycles. The van der Waals surface area contributed by atoms with Crippen LogP contribution in [0.2, 0.25) is 0 Å². The average Bonchev–Trinajstić information content (AvgIpc) is 3.20. The van der Waals surface area contributed by atoms with Crippen LogP contribution < -0.4 is 4.74 Å². The summed E-state index contributed by atoms with van der Waals surface area (Å²) in [6, 6.07) is 17.8. The molecule has 4 unspecified atom stereocenters. The van der Waals surface area contributed by atoms with E-state index in [1.807, 2.05) is 54.6 Å². The molecule has 2 aromatic carbocycles. The maximum atomic E-state index is 10.0. The minimum atomic E-state index is -1.30. The fourth-order valence-corrected chi connectivity index (χ4v) is 3.06. The number of rotatable bonds is 5. The first kappa shape index (κ1) is 18.6. The zero-order valence-electron chi connectivity index (χ0n) is 15.0. The van der Waals surface area contributed by atoms with Crippen molar-refractivity contribution in [2.45, 2.75) is 31.1 Å². The van der Waals surface area contributed by atoms with E-state index in [0.29, 0.717) is 11.4 Å². The summed E-state index contributed by atoms with van der Waals surface area (Å²) in [6.07, 6.45) is -3.06. The Hall–Kier alpha value is -2.78. The predicted molar refractivity (Wildman–Crippen MR) is 99.2 cm³/mol. The molecule has 3 aromatic rings. The van der Waals surface area contributed by atoms with Gasteiger partial charge < -0.3 is 24.8 Å². The van der Waals surface area contributed by atoms with E-state index in [9.17, 15) is 15.3 Å². The van der Waals surface area contributed by atoms with E-state index in [4.69, 9.17) is 9.47 Å². The summed E-state index contributed by atoms with van der Waals surface area (Å²) in [5, 5.41) is 37.3. The molecule has 0 spiro atoms. The van der Waals surface area contributed by atoms with Crippen molar-refractivity contribution in [3.8, 4) is 16.9 Å². The lowest BCUT2D eigenvalue weighted by molar-refractivity contribution is -0.214. The van der Waals surface area contributed by atoms with Gasteiger partial charge in [-0.15, -0.1) is 5.10 Å². The van der Waals surface area contributed by atoms with Gasteiger partial charge in [-0.05, 0) is 23.3 Å². The Labute approximate surface area is 161 Å². The summed E-state index contributed by atoms with van der Waals surface area (Å²) >= 11 is 0. The van der Waals surface area contributed by atoms with Crippen molar-refractivity contribution in [1.82, 2.24) is 15.0 Å². The monoisotopic (exact) mass is 383 g/mol. The van der Waals surface area contributed by atoms with Crippen molar-refractivity contribution in [2.24, 2.45) is 0 Å². The molecular weight excluding hydrogens is 362 g/mol. The van der Waals surface area contributed by atoms with Crippen LogP contribution in [0.3, 0.4) is 0 Å². The fraction of sp³-hybridized carbons (Fsp3) is 0.300. The first-order valence-corrected chi connectivity index (χ1v) is 8.96. The molecule has 0 aliphatic carbocycles. The van der Waals surface area contributed by atoms with E-state index in [1.165, 1.54) is 4.68 Å². The van der Waals surface area contributed by atoms with Gasteiger partial charge >= 0.3 is 0 Å². The summed E-state index contributed by atoms with van der Waals surface area (Å²) in [6.45, 7) is 0.0982. The summed E-state index contributed by atoms with van der Waals surface area (Å²) in [5.41, 5.74) is 2.78. The highest BCUT2D eigenvalue weighted by Crippen LogP contribution is 2.24. The molecule has 1 saturated heterocycles. The Bertz CT molecular complexity index is 900. The predicted octanol–water partition coefficient (Wildman–Crippen LogP) is 1.14. The number of hydrogen-bond acceptors (Lipinski definition) is 7. The third-order valence-corrected chi connectivity index (χ3v) is 4.64. The number of aromatic nitrogens is 3. The quantitative estimate of drug-likeness (QED) is 0.606. The largest absolute Gasteiger partial charge is 0.487 e. The third kappa shape index (κ3) is 3.90. The Kier molecular flexibility index (Phi) is 5.36. The highest BCUT2D eigenvalue weighted by atomic mass is 16.5. The van der Waals surface area contributed by atoms with Gasteiger partial charge in [-0.1, -0.05) is 47.7 Å². The van der Waals surface area contributed by atoms with Crippen molar-refractivity contribution in [3.05, 3.63) is 66.5 Å². The first-order chi connectivity index (χ1) is 13.6. The highest BCUT2D eigenvalue weighted by Gasteiger charge is 2.39. The topological polar surface area (TPSA) is 110 Å². The molecule has 1 aliphatic rings. The lowest BCUT2D eigenvalue weighted by Crippen LogP contribution is -2.50. The van der Waals surface area contributed by atoms with E-state index < -0.39 is 24.5 Å². The smallest absolute Gasteiger partial charge is 0.180 e. The lowest BCUT2D eigenvalue weighted by Gasteiger charge is -2.34. The minimum absolute atomic E-state index is 0.0949. The van der Waals surface area contributed by atoms with Crippen LogP contribution in [0.5, 0.6) is 5.75 Å².